The Kier molecular flexibility index (Phi) is 56.0. The Bertz CT molecular complexity index is 1900. The summed E-state index contributed by atoms with van der Waals surface area (Å²) in [6, 6.07) is 0. The Morgan fingerprint density at radius 1 is 0.207 bits per heavy atom. The van der Waals surface area contributed by atoms with Gasteiger partial charge >= 0.3 is 65.7 Å². The maximum Gasteiger partial charge on any atom is 0.333 e. The molecule has 0 aromatic carbocycles. The highest BCUT2D eigenvalue weighted by Gasteiger charge is 2.12. The summed E-state index contributed by atoms with van der Waals surface area (Å²) < 4.78 is 57.0. The predicted octanol–water partition coefficient (Wildman–Crippen LogP) is 11.8. The smallest absolute Gasteiger partial charge is 0.333 e. The molecule has 0 aliphatic rings. The van der Waals surface area contributed by atoms with Gasteiger partial charge in [-0.15, -0.1) is 0 Å². The number of ether oxygens (including phenoxy) is 11. The van der Waals surface area contributed by atoms with Gasteiger partial charge in [0, 0.05) is 69.8 Å². The van der Waals surface area contributed by atoms with E-state index in [1.807, 2.05) is 0 Å². The molecule has 0 bridgehead atoms. The number of carbonyl (C=O) groups excluding carboxylic acids is 11. The molecule has 0 amide bonds. The molecular formula is C65H108O22. The quantitative estimate of drug-likeness (QED) is 0.0236. The molecule has 0 saturated carbocycles. The van der Waals surface area contributed by atoms with Gasteiger partial charge in [0.2, 0.25) is 0 Å². The summed E-state index contributed by atoms with van der Waals surface area (Å²) in [5.74, 6) is -3.10. The number of methoxy groups -OCH3 is 1. The Hall–Kier alpha value is -6.09. The fourth-order valence-corrected chi connectivity index (χ4v) is 8.20. The molecule has 0 unspecified atom stereocenters. The van der Waals surface area contributed by atoms with Crippen molar-refractivity contribution in [1.29, 1.82) is 0 Å². The molecule has 0 spiro atoms. The summed E-state index contributed by atoms with van der Waals surface area (Å²) in [5, 5.41) is 0. The van der Waals surface area contributed by atoms with Crippen LogP contribution in [0.25, 0.3) is 0 Å². The highest BCUT2D eigenvalue weighted by atomic mass is 16.6. The number of hydrogen-bond donors (Lipinski definition) is 0. The molecule has 0 heterocycles. The molecule has 0 aromatic rings. The van der Waals surface area contributed by atoms with Crippen molar-refractivity contribution in [2.75, 3.05) is 73.2 Å². The molecule has 22 heteroatoms. The lowest BCUT2D eigenvalue weighted by molar-refractivity contribution is -0.146. The molecule has 0 aromatic heterocycles. The second-order valence-electron chi connectivity index (χ2n) is 21.6. The maximum absolute atomic E-state index is 12.1. The second kappa shape index (κ2) is 60.2. The normalized spacial score (nSPS) is 10.7. The molecule has 0 saturated heterocycles. The van der Waals surface area contributed by atoms with Crippen LogP contribution in [0.5, 0.6) is 0 Å². The van der Waals surface area contributed by atoms with Crippen molar-refractivity contribution in [2.45, 2.75) is 264 Å². The van der Waals surface area contributed by atoms with Crippen molar-refractivity contribution in [3.8, 4) is 0 Å². The third-order valence-corrected chi connectivity index (χ3v) is 13.4. The van der Waals surface area contributed by atoms with Crippen LogP contribution in [0, 0.1) is 0 Å². The number of carbonyl (C=O) groups is 11. The van der Waals surface area contributed by atoms with Crippen molar-refractivity contribution in [1.82, 2.24) is 0 Å². The summed E-state index contributed by atoms with van der Waals surface area (Å²) in [5.41, 5.74) is 0.359. The minimum atomic E-state index is -0.410. The van der Waals surface area contributed by atoms with Crippen LogP contribution < -0.4 is 0 Å². The van der Waals surface area contributed by atoms with Crippen molar-refractivity contribution in [3.63, 3.8) is 0 Å². The topological polar surface area (TPSA) is 289 Å². The third-order valence-electron chi connectivity index (χ3n) is 13.4. The van der Waals surface area contributed by atoms with E-state index in [9.17, 15) is 52.7 Å². The van der Waals surface area contributed by atoms with Crippen LogP contribution in [0.4, 0.5) is 0 Å². The van der Waals surface area contributed by atoms with Gasteiger partial charge in [-0.3, -0.25) is 47.9 Å². The van der Waals surface area contributed by atoms with Crippen LogP contribution >= 0.6 is 0 Å². The lowest BCUT2D eigenvalue weighted by Crippen LogP contribution is -2.09. The molecular weight excluding hydrogens is 1130 g/mol. The minimum absolute atomic E-state index is 0.240. The van der Waals surface area contributed by atoms with Crippen molar-refractivity contribution in [3.05, 3.63) is 12.2 Å². The van der Waals surface area contributed by atoms with Crippen LogP contribution in [0.15, 0.2) is 12.2 Å². The van der Waals surface area contributed by atoms with Gasteiger partial charge in [0.15, 0.2) is 0 Å². The van der Waals surface area contributed by atoms with Crippen LogP contribution in [-0.2, 0) is 105 Å². The van der Waals surface area contributed by atoms with E-state index < -0.39 is 5.97 Å². The van der Waals surface area contributed by atoms with Crippen molar-refractivity contribution < 1.29 is 105 Å². The number of unbranched alkanes of at least 4 members (excludes halogenated alkanes) is 20. The van der Waals surface area contributed by atoms with Gasteiger partial charge in [0.25, 0.3) is 0 Å². The summed E-state index contributed by atoms with van der Waals surface area (Å²) in [6.07, 6.45) is 23.4. The summed E-state index contributed by atoms with van der Waals surface area (Å²) in [7, 11) is 1.36. The lowest BCUT2D eigenvalue weighted by Gasteiger charge is -2.07. The Labute approximate surface area is 517 Å². The number of esters is 11. The molecule has 0 aliphatic heterocycles. The van der Waals surface area contributed by atoms with E-state index in [1.165, 1.54) is 7.11 Å². The molecule has 0 rings (SSSR count). The van der Waals surface area contributed by atoms with Gasteiger partial charge in [-0.1, -0.05) is 6.58 Å². The van der Waals surface area contributed by atoms with Crippen molar-refractivity contribution >= 4 is 65.7 Å². The van der Waals surface area contributed by atoms with E-state index in [2.05, 4.69) is 11.3 Å². The van der Waals surface area contributed by atoms with Gasteiger partial charge in [-0.25, -0.2) is 4.79 Å². The first-order chi connectivity index (χ1) is 42.1. The standard InChI is InChI=1S/C65H108O22/c1-54(2)65(76)87-53-33-13-23-43-64(75)86-52-32-12-22-42-63(74)85-51-31-11-21-41-62(73)84-50-30-10-20-40-61(72)83-49-29-9-19-39-60(71)82-48-28-8-18-38-59(70)81-47-27-7-17-37-58(69)80-46-26-6-16-36-57(68)79-45-25-5-15-35-56(67)78-44-24-4-14-34-55(66)77-3/h1,4-53H2,2-3H3. The van der Waals surface area contributed by atoms with E-state index in [0.717, 1.165) is 57.8 Å². The molecule has 0 aliphatic carbocycles. The van der Waals surface area contributed by atoms with Crippen LogP contribution in [0.2, 0.25) is 0 Å². The monoisotopic (exact) mass is 1240 g/mol. The molecule has 0 radical (unpaired) electrons. The average Bonchev–Trinajstić information content (AvgIpc) is 3.50. The Balaban J connectivity index is 3.51. The molecule has 87 heavy (non-hydrogen) atoms. The highest BCUT2D eigenvalue weighted by Crippen LogP contribution is 2.12. The third kappa shape index (κ3) is 60.0. The first kappa shape index (κ1) is 80.9. The zero-order valence-corrected chi connectivity index (χ0v) is 53.0. The van der Waals surface area contributed by atoms with Gasteiger partial charge in [-0.2, -0.15) is 0 Å². The number of rotatable bonds is 61. The Morgan fingerprint density at radius 2 is 0.345 bits per heavy atom. The van der Waals surface area contributed by atoms with E-state index >= 15 is 0 Å². The van der Waals surface area contributed by atoms with Gasteiger partial charge in [0.1, 0.15) is 0 Å². The SMILES string of the molecule is C=C(C)C(=O)OCCCCCC(=O)OCCCCCC(=O)OCCCCCC(=O)OCCCCCC(=O)OCCCCCC(=O)OCCCCCC(=O)OCCCCCC(=O)OCCCCCC(=O)OCCCCCC(=O)OCCCCCC(=O)OC. The molecule has 22 nitrogen and oxygen atoms in total. The zero-order chi connectivity index (χ0) is 64.1. The predicted molar refractivity (Wildman–Crippen MR) is 321 cm³/mol. The van der Waals surface area contributed by atoms with Crippen LogP contribution in [0.3, 0.4) is 0 Å². The second-order valence-corrected chi connectivity index (χ2v) is 21.6. The number of hydrogen-bond acceptors (Lipinski definition) is 22. The van der Waals surface area contributed by atoms with Crippen molar-refractivity contribution in [2.24, 2.45) is 0 Å². The largest absolute Gasteiger partial charge is 0.469 e. The molecule has 0 atom stereocenters. The first-order valence-electron chi connectivity index (χ1n) is 32.4. The van der Waals surface area contributed by atoms with Crippen LogP contribution in [-0.4, -0.2) is 139 Å². The fraction of sp³-hybridized carbons (Fsp3) is 0.800. The van der Waals surface area contributed by atoms with E-state index in [-0.39, 0.29) is 118 Å². The maximum atomic E-state index is 12.1. The van der Waals surface area contributed by atoms with E-state index in [4.69, 9.17) is 47.4 Å². The fourth-order valence-electron chi connectivity index (χ4n) is 8.20. The summed E-state index contributed by atoms with van der Waals surface area (Å²) in [6.45, 7) is 8.09. The lowest BCUT2D eigenvalue weighted by atomic mass is 10.2. The molecule has 0 N–H and O–H groups in total. The van der Waals surface area contributed by atoms with Gasteiger partial charge < -0.3 is 52.1 Å². The molecule has 0 fully saturated rings. The van der Waals surface area contributed by atoms with Gasteiger partial charge in [-0.05, 0) is 200 Å². The highest BCUT2D eigenvalue weighted by molar-refractivity contribution is 5.86. The van der Waals surface area contributed by atoms with Gasteiger partial charge in [0.05, 0.1) is 73.2 Å². The minimum Gasteiger partial charge on any atom is -0.469 e. The Morgan fingerprint density at radius 3 is 0.483 bits per heavy atom. The van der Waals surface area contributed by atoms with Crippen LogP contribution in [0.1, 0.15) is 264 Å². The summed E-state index contributed by atoms with van der Waals surface area (Å²) in [4.78, 5) is 130. The average molecular weight is 1240 g/mol. The first-order valence-corrected chi connectivity index (χ1v) is 32.4. The summed E-state index contributed by atoms with van der Waals surface area (Å²) >= 11 is 0. The zero-order valence-electron chi connectivity index (χ0n) is 53.0. The molecule has 500 valence electrons. The van der Waals surface area contributed by atoms with E-state index in [1.54, 1.807) is 6.92 Å². The van der Waals surface area contributed by atoms with E-state index in [0.29, 0.717) is 212 Å².